The molecule has 1 heterocycles. The van der Waals surface area contributed by atoms with E-state index in [0.29, 0.717) is 17.0 Å². The fraction of sp³-hybridized carbons (Fsp3) is 0. The number of carbonyl (C=O) groups is 1. The van der Waals surface area contributed by atoms with Crippen LogP contribution >= 0.6 is 31.9 Å². The van der Waals surface area contributed by atoms with E-state index in [1.165, 1.54) is 6.07 Å². The van der Waals surface area contributed by atoms with Gasteiger partial charge in [0, 0.05) is 14.5 Å². The van der Waals surface area contributed by atoms with Crippen molar-refractivity contribution < 1.29 is 14.3 Å². The Bertz CT molecular complexity index is 806. The number of hydrogen-bond acceptors (Lipinski definition) is 3. The van der Waals surface area contributed by atoms with Crippen LogP contribution in [0.15, 0.2) is 49.8 Å². The van der Waals surface area contributed by atoms with Gasteiger partial charge in [-0.3, -0.25) is 0 Å². The number of fused-ring (bicyclic) bond motifs is 1. The van der Waals surface area contributed by atoms with Gasteiger partial charge in [0.1, 0.15) is 5.52 Å². The third-order valence-corrected chi connectivity index (χ3v) is 3.67. The Hall–Kier alpha value is -1.66. The lowest BCUT2D eigenvalue weighted by Crippen LogP contribution is -1.96. The van der Waals surface area contributed by atoms with E-state index in [-0.39, 0.29) is 5.56 Å². The summed E-state index contributed by atoms with van der Waals surface area (Å²) in [5.41, 5.74) is 1.70. The Morgan fingerprint density at radius 1 is 1.15 bits per heavy atom. The molecule has 0 aliphatic carbocycles. The maximum atomic E-state index is 11.2. The molecule has 0 saturated carbocycles. The summed E-state index contributed by atoms with van der Waals surface area (Å²) in [6.45, 7) is 0. The normalized spacial score (nSPS) is 10.9. The minimum absolute atomic E-state index is 0.131. The number of halogens is 2. The van der Waals surface area contributed by atoms with Crippen LogP contribution in [0, 0.1) is 0 Å². The van der Waals surface area contributed by atoms with Crippen molar-refractivity contribution in [1.82, 2.24) is 4.98 Å². The number of aromatic carboxylic acids is 1. The number of rotatable bonds is 2. The van der Waals surface area contributed by atoms with Gasteiger partial charge in [0.15, 0.2) is 5.58 Å². The van der Waals surface area contributed by atoms with Gasteiger partial charge < -0.3 is 9.52 Å². The Morgan fingerprint density at radius 3 is 2.50 bits per heavy atom. The Morgan fingerprint density at radius 2 is 1.85 bits per heavy atom. The molecule has 0 bridgehead atoms. The summed E-state index contributed by atoms with van der Waals surface area (Å²) in [6, 6.07) is 10.5. The molecule has 0 spiro atoms. The molecule has 0 unspecified atom stereocenters. The highest BCUT2D eigenvalue weighted by atomic mass is 79.9. The fourth-order valence-corrected chi connectivity index (χ4v) is 3.22. The van der Waals surface area contributed by atoms with Crippen molar-refractivity contribution in [2.24, 2.45) is 0 Å². The Kier molecular flexibility index (Phi) is 3.35. The molecule has 0 amide bonds. The fourth-order valence-electron chi connectivity index (χ4n) is 1.92. The summed E-state index contributed by atoms with van der Waals surface area (Å²) < 4.78 is 7.39. The molecule has 0 atom stereocenters. The van der Waals surface area contributed by atoms with E-state index in [9.17, 15) is 4.79 Å². The lowest BCUT2D eigenvalue weighted by molar-refractivity contribution is 0.0699. The lowest BCUT2D eigenvalue weighted by atomic mass is 10.2. The van der Waals surface area contributed by atoms with Gasteiger partial charge in [0.2, 0.25) is 5.89 Å². The van der Waals surface area contributed by atoms with Crippen molar-refractivity contribution in [3.63, 3.8) is 0 Å². The zero-order valence-corrected chi connectivity index (χ0v) is 13.1. The van der Waals surface area contributed by atoms with Crippen molar-refractivity contribution in [2.75, 3.05) is 0 Å². The largest absolute Gasteiger partial charge is 0.478 e. The summed E-state index contributed by atoms with van der Waals surface area (Å²) in [5.74, 6) is -0.637. The van der Waals surface area contributed by atoms with Crippen LogP contribution in [0.4, 0.5) is 0 Å². The number of hydrogen-bond donors (Lipinski definition) is 1. The SMILES string of the molecule is O=C(O)c1cccc2oc(-c3cc(Br)cc(Br)c3)nc12. The molecule has 0 aliphatic rings. The molecular weight excluding hydrogens is 390 g/mol. The van der Waals surface area contributed by atoms with Gasteiger partial charge >= 0.3 is 5.97 Å². The molecule has 0 aliphatic heterocycles. The van der Waals surface area contributed by atoms with Gasteiger partial charge in [0.25, 0.3) is 0 Å². The van der Waals surface area contributed by atoms with E-state index in [1.807, 2.05) is 18.2 Å². The monoisotopic (exact) mass is 395 g/mol. The van der Waals surface area contributed by atoms with Gasteiger partial charge in [-0.25, -0.2) is 9.78 Å². The van der Waals surface area contributed by atoms with Crippen LogP contribution in [-0.4, -0.2) is 16.1 Å². The molecule has 1 N–H and O–H groups in total. The molecule has 3 aromatic rings. The van der Waals surface area contributed by atoms with Crippen LogP contribution < -0.4 is 0 Å². The van der Waals surface area contributed by atoms with Crippen LogP contribution in [0.1, 0.15) is 10.4 Å². The van der Waals surface area contributed by atoms with Gasteiger partial charge in [-0.05, 0) is 30.3 Å². The third-order valence-electron chi connectivity index (χ3n) is 2.76. The van der Waals surface area contributed by atoms with Crippen molar-refractivity contribution >= 4 is 48.9 Å². The molecular formula is C14H7Br2NO3. The minimum Gasteiger partial charge on any atom is -0.478 e. The summed E-state index contributed by atoms with van der Waals surface area (Å²) in [4.78, 5) is 15.5. The topological polar surface area (TPSA) is 63.3 Å². The van der Waals surface area contributed by atoms with Crippen molar-refractivity contribution in [2.45, 2.75) is 0 Å². The van der Waals surface area contributed by atoms with Gasteiger partial charge in [-0.15, -0.1) is 0 Å². The van der Waals surface area contributed by atoms with E-state index in [1.54, 1.807) is 12.1 Å². The highest BCUT2D eigenvalue weighted by molar-refractivity contribution is 9.11. The quantitative estimate of drug-likeness (QED) is 0.680. The molecule has 100 valence electrons. The standard InChI is InChI=1S/C14H7Br2NO3/c15-8-4-7(5-9(16)6-8)13-17-12-10(14(18)19)2-1-3-11(12)20-13/h1-6H,(H,18,19). The first kappa shape index (κ1) is 13.3. The van der Waals surface area contributed by atoms with Crippen LogP contribution in [0.3, 0.4) is 0 Å². The van der Waals surface area contributed by atoms with Crippen LogP contribution in [0.25, 0.3) is 22.6 Å². The third kappa shape index (κ3) is 2.36. The second kappa shape index (κ2) is 5.03. The molecule has 6 heteroatoms. The number of nitrogens with zero attached hydrogens (tertiary/aromatic N) is 1. The first-order valence-corrected chi connectivity index (χ1v) is 7.22. The molecule has 0 saturated heterocycles. The highest BCUT2D eigenvalue weighted by Crippen LogP contribution is 2.30. The summed E-state index contributed by atoms with van der Waals surface area (Å²) in [7, 11) is 0. The van der Waals surface area contributed by atoms with E-state index >= 15 is 0 Å². The highest BCUT2D eigenvalue weighted by Gasteiger charge is 2.15. The second-order valence-corrected chi connectivity index (χ2v) is 5.97. The van der Waals surface area contributed by atoms with Gasteiger partial charge in [0.05, 0.1) is 5.56 Å². The number of benzene rings is 2. The first-order chi connectivity index (χ1) is 9.54. The molecule has 3 rings (SSSR count). The average Bonchev–Trinajstić information content (AvgIpc) is 2.80. The second-order valence-electron chi connectivity index (χ2n) is 4.13. The zero-order valence-electron chi connectivity index (χ0n) is 9.93. The number of oxazole rings is 1. The summed E-state index contributed by atoms with van der Waals surface area (Å²) in [6.07, 6.45) is 0. The smallest absolute Gasteiger partial charge is 0.338 e. The number of aromatic nitrogens is 1. The Balaban J connectivity index is 2.23. The molecule has 0 radical (unpaired) electrons. The number of para-hydroxylation sites is 1. The zero-order chi connectivity index (χ0) is 14.3. The van der Waals surface area contributed by atoms with E-state index < -0.39 is 5.97 Å². The van der Waals surface area contributed by atoms with Crippen LogP contribution in [0.5, 0.6) is 0 Å². The van der Waals surface area contributed by atoms with Crippen molar-refractivity contribution in [3.8, 4) is 11.5 Å². The molecule has 20 heavy (non-hydrogen) atoms. The van der Waals surface area contributed by atoms with E-state index in [4.69, 9.17) is 9.52 Å². The van der Waals surface area contributed by atoms with E-state index in [2.05, 4.69) is 36.8 Å². The number of carboxylic acid groups (broad SMARTS) is 1. The lowest BCUT2D eigenvalue weighted by Gasteiger charge is -1.98. The van der Waals surface area contributed by atoms with Gasteiger partial charge in [-0.1, -0.05) is 37.9 Å². The molecule has 0 fully saturated rings. The Labute approximate surface area is 130 Å². The number of carboxylic acids is 1. The minimum atomic E-state index is -1.02. The van der Waals surface area contributed by atoms with E-state index in [0.717, 1.165) is 14.5 Å². The predicted molar refractivity (Wildman–Crippen MR) is 81.8 cm³/mol. The molecule has 2 aromatic carbocycles. The first-order valence-electron chi connectivity index (χ1n) is 5.64. The summed E-state index contributed by atoms with van der Waals surface area (Å²) in [5, 5.41) is 9.15. The summed E-state index contributed by atoms with van der Waals surface area (Å²) >= 11 is 6.80. The maximum absolute atomic E-state index is 11.2. The maximum Gasteiger partial charge on any atom is 0.338 e. The van der Waals surface area contributed by atoms with Crippen LogP contribution in [-0.2, 0) is 0 Å². The average molecular weight is 397 g/mol. The predicted octanol–water partition coefficient (Wildman–Crippen LogP) is 4.72. The van der Waals surface area contributed by atoms with Crippen LogP contribution in [0.2, 0.25) is 0 Å². The van der Waals surface area contributed by atoms with Crippen molar-refractivity contribution in [1.29, 1.82) is 0 Å². The van der Waals surface area contributed by atoms with Gasteiger partial charge in [-0.2, -0.15) is 0 Å². The molecule has 1 aromatic heterocycles. The molecule has 4 nitrogen and oxygen atoms in total. The van der Waals surface area contributed by atoms with Crippen molar-refractivity contribution in [3.05, 3.63) is 50.9 Å².